The minimum absolute atomic E-state index is 0.0786. The second-order valence-corrected chi connectivity index (χ2v) is 17.4. The number of azo groups is 1. The molecule has 2 amide bonds. The van der Waals surface area contributed by atoms with Gasteiger partial charge in [-0.05, 0) is 95.5 Å². The second kappa shape index (κ2) is 20.3. The van der Waals surface area contributed by atoms with Gasteiger partial charge >= 0.3 is 0 Å². The van der Waals surface area contributed by atoms with Crippen LogP contribution in [0.1, 0.15) is 54.6 Å². The Balaban J connectivity index is 0.928. The van der Waals surface area contributed by atoms with Gasteiger partial charge in [0.2, 0.25) is 18.6 Å². The van der Waals surface area contributed by atoms with Gasteiger partial charge in [0.1, 0.15) is 11.8 Å². The van der Waals surface area contributed by atoms with Crippen LogP contribution < -0.4 is 24.8 Å². The number of ether oxygens (including phenoxy) is 3. The van der Waals surface area contributed by atoms with E-state index in [1.54, 1.807) is 18.2 Å². The minimum atomic E-state index is -4.44. The number of pyridine rings is 2. The average Bonchev–Trinajstić information content (AvgIpc) is 3.77. The van der Waals surface area contributed by atoms with Crippen molar-refractivity contribution in [3.05, 3.63) is 144 Å². The molecule has 64 heavy (non-hydrogen) atoms. The average molecular weight is 885 g/mol. The minimum Gasteiger partial charge on any atom is -0.508 e. The van der Waals surface area contributed by atoms with E-state index in [4.69, 9.17) is 19.2 Å². The van der Waals surface area contributed by atoms with Gasteiger partial charge in [-0.15, -0.1) is 5.11 Å². The van der Waals surface area contributed by atoms with Gasteiger partial charge < -0.3 is 30.0 Å². The van der Waals surface area contributed by atoms with Gasteiger partial charge in [-0.2, -0.15) is 13.5 Å². The number of nitrogens with one attached hydrogen (secondary N) is 2. The van der Waals surface area contributed by atoms with E-state index in [1.807, 2.05) is 60.7 Å². The topological polar surface area (TPSA) is 211 Å². The first-order valence-corrected chi connectivity index (χ1v) is 22.1. The Hall–Kier alpha value is -7.17. The molecule has 2 aromatic heterocycles. The molecule has 0 fully saturated rings. The summed E-state index contributed by atoms with van der Waals surface area (Å²) in [5.74, 6) is 1.25. The van der Waals surface area contributed by atoms with E-state index < -0.39 is 22.1 Å². The molecule has 1 aliphatic rings. The summed E-state index contributed by atoms with van der Waals surface area (Å²) in [6, 6.07) is 34.0. The molecule has 16 heteroatoms. The summed E-state index contributed by atoms with van der Waals surface area (Å²) in [5, 5.41) is 23.7. The van der Waals surface area contributed by atoms with Crippen LogP contribution >= 0.6 is 0 Å². The van der Waals surface area contributed by atoms with Crippen molar-refractivity contribution in [2.45, 2.75) is 57.0 Å². The number of nitrogens with zero attached hydrogens (tertiary/aromatic N) is 4. The number of hydrogen-bond donors (Lipinski definition) is 4. The van der Waals surface area contributed by atoms with Crippen LogP contribution in [-0.2, 0) is 27.9 Å². The van der Waals surface area contributed by atoms with Gasteiger partial charge in [0.15, 0.2) is 17.3 Å². The Bertz CT molecular complexity index is 2710. The van der Waals surface area contributed by atoms with E-state index in [0.717, 1.165) is 47.2 Å². The van der Waals surface area contributed by atoms with E-state index >= 15 is 0 Å². The fourth-order valence-corrected chi connectivity index (χ4v) is 7.68. The molecular weight excluding hydrogens is 837 g/mol. The largest absolute Gasteiger partial charge is 0.508 e. The van der Waals surface area contributed by atoms with E-state index in [0.29, 0.717) is 30.5 Å². The third-order valence-electron chi connectivity index (χ3n) is 10.5. The first-order valence-electron chi connectivity index (χ1n) is 20.7. The van der Waals surface area contributed by atoms with Crippen LogP contribution in [-0.4, -0.2) is 65.8 Å². The van der Waals surface area contributed by atoms with Crippen molar-refractivity contribution >= 4 is 27.8 Å². The lowest BCUT2D eigenvalue weighted by atomic mass is 9.87. The summed E-state index contributed by atoms with van der Waals surface area (Å²) in [7, 11) is -4.44. The smallest absolute Gasteiger partial charge is 0.294 e. The summed E-state index contributed by atoms with van der Waals surface area (Å²) in [4.78, 5) is 35.9. The number of amides is 2. The van der Waals surface area contributed by atoms with Crippen LogP contribution in [0.5, 0.6) is 23.1 Å². The molecule has 6 aromatic rings. The normalized spacial score (nSPS) is 12.8. The lowest BCUT2D eigenvalue weighted by Gasteiger charge is -2.27. The molecular formula is C48H48N6O9S. The van der Waals surface area contributed by atoms with Crippen molar-refractivity contribution in [3.8, 4) is 45.5 Å². The first kappa shape index (κ1) is 44.9. The number of rotatable bonds is 19. The van der Waals surface area contributed by atoms with Crippen molar-refractivity contribution in [2.24, 2.45) is 15.6 Å². The zero-order valence-corrected chi connectivity index (χ0v) is 36.1. The van der Waals surface area contributed by atoms with E-state index in [1.165, 1.54) is 48.7 Å². The van der Waals surface area contributed by atoms with Crippen LogP contribution in [0.25, 0.3) is 22.4 Å². The summed E-state index contributed by atoms with van der Waals surface area (Å²) in [6.45, 7) is 5.00. The molecule has 15 nitrogen and oxygen atoms in total. The van der Waals surface area contributed by atoms with Crippen LogP contribution in [0.2, 0.25) is 0 Å². The fourth-order valence-electron chi connectivity index (χ4n) is 6.97. The van der Waals surface area contributed by atoms with Gasteiger partial charge in [-0.3, -0.25) is 14.1 Å². The number of aromatic hydroxyl groups is 1. The van der Waals surface area contributed by atoms with Gasteiger partial charge in [-0.25, -0.2) is 9.97 Å². The third-order valence-corrected chi connectivity index (χ3v) is 11.4. The maximum absolute atomic E-state index is 13.7. The van der Waals surface area contributed by atoms with Gasteiger partial charge in [0.25, 0.3) is 16.0 Å². The first-order chi connectivity index (χ1) is 30.8. The number of phenols is 1. The van der Waals surface area contributed by atoms with Crippen LogP contribution in [0, 0.1) is 5.41 Å². The summed E-state index contributed by atoms with van der Waals surface area (Å²) < 4.78 is 50.2. The molecule has 330 valence electrons. The van der Waals surface area contributed by atoms with Crippen LogP contribution in [0.4, 0.5) is 5.82 Å². The highest BCUT2D eigenvalue weighted by Crippen LogP contribution is 2.37. The molecule has 0 saturated heterocycles. The summed E-state index contributed by atoms with van der Waals surface area (Å²) in [5.41, 5.74) is 4.52. The Labute approximate surface area is 371 Å². The molecule has 0 saturated carbocycles. The number of phenolic OH excluding ortho intramolecular Hbond substituents is 1. The zero-order chi connectivity index (χ0) is 45.1. The van der Waals surface area contributed by atoms with E-state index in [-0.39, 0.29) is 58.7 Å². The van der Waals surface area contributed by atoms with Crippen molar-refractivity contribution in [3.63, 3.8) is 0 Å². The molecule has 1 aliphatic heterocycles. The Kier molecular flexibility index (Phi) is 14.3. The monoisotopic (exact) mass is 884 g/mol. The number of benzene rings is 4. The predicted octanol–water partition coefficient (Wildman–Crippen LogP) is 8.51. The highest BCUT2D eigenvalue weighted by atomic mass is 32.2. The lowest BCUT2D eigenvalue weighted by Crippen LogP contribution is -2.49. The Morgan fingerprint density at radius 2 is 1.62 bits per heavy atom. The molecule has 0 aliphatic carbocycles. The highest BCUT2D eigenvalue weighted by molar-refractivity contribution is 7.85. The molecule has 0 unspecified atom stereocenters. The van der Waals surface area contributed by atoms with Gasteiger partial charge in [-0.1, -0.05) is 80.6 Å². The standard InChI is InChI=1S/C48H48N6O9S/c1-48(2,22-8-9-23-61-45-27-37(25-39(52-45)33-10-4-3-5-11-33)34-16-20-41-42(26-34)63-31-62-41)30-50-47(57)40(24-32-14-18-38(55)19-15-32)53-46(56)36-17-21-44(49-28-36)54-51-29-35-12-6-7-13-43(35)64(58,59)60/h3-7,10-21,25-28,40,55H,8-9,22-24,29-31H2,1-2H3,(H,50,57)(H,53,56)(H,58,59,60)/t40-/m0/s1. The summed E-state index contributed by atoms with van der Waals surface area (Å²) >= 11 is 0. The molecule has 0 radical (unpaired) electrons. The predicted molar refractivity (Wildman–Crippen MR) is 239 cm³/mol. The number of hydrogen-bond acceptors (Lipinski definition) is 12. The van der Waals surface area contributed by atoms with E-state index in [2.05, 4.69) is 39.7 Å². The van der Waals surface area contributed by atoms with Crippen molar-refractivity contribution in [1.82, 2.24) is 20.6 Å². The maximum atomic E-state index is 13.7. The van der Waals surface area contributed by atoms with Crippen LogP contribution in [0.15, 0.2) is 143 Å². The van der Waals surface area contributed by atoms with Gasteiger partial charge in [0.05, 0.1) is 29.3 Å². The third kappa shape index (κ3) is 12.3. The zero-order valence-electron chi connectivity index (χ0n) is 35.3. The van der Waals surface area contributed by atoms with Crippen LogP contribution in [0.3, 0.4) is 0 Å². The fraction of sp³-hybridized carbons (Fsp3) is 0.250. The molecule has 4 aromatic carbocycles. The number of carbonyl (C=O) groups is 2. The molecule has 7 rings (SSSR count). The van der Waals surface area contributed by atoms with Gasteiger partial charge in [0, 0.05) is 30.8 Å². The number of fused-ring (bicyclic) bond motifs is 1. The molecule has 3 heterocycles. The number of carbonyl (C=O) groups excluding carboxylic acids is 2. The molecule has 1 atom stereocenters. The quantitative estimate of drug-likeness (QED) is 0.0344. The number of aromatic nitrogens is 2. The summed E-state index contributed by atoms with van der Waals surface area (Å²) in [6.07, 6.45) is 3.82. The number of unbranched alkanes of at least 4 members (excludes halogenated alkanes) is 1. The Morgan fingerprint density at radius 3 is 2.39 bits per heavy atom. The SMILES string of the molecule is CC(C)(CCCCOc1cc(-c2ccc3c(c2)OCO3)cc(-c2ccccc2)n1)CNC(=O)[C@H](Cc1ccc(O)cc1)NC(=O)c1ccc(N=NCc2ccccc2S(=O)(=O)O)nc1. The lowest BCUT2D eigenvalue weighted by molar-refractivity contribution is -0.123. The molecule has 0 bridgehead atoms. The second-order valence-electron chi connectivity index (χ2n) is 16.0. The maximum Gasteiger partial charge on any atom is 0.294 e. The van der Waals surface area contributed by atoms with Crippen molar-refractivity contribution in [2.75, 3.05) is 19.9 Å². The molecule has 4 N–H and O–H groups in total. The molecule has 0 spiro atoms. The van der Waals surface area contributed by atoms with Crippen molar-refractivity contribution in [1.29, 1.82) is 0 Å². The van der Waals surface area contributed by atoms with Crippen molar-refractivity contribution < 1.29 is 41.9 Å². The Morgan fingerprint density at radius 1 is 0.859 bits per heavy atom. The van der Waals surface area contributed by atoms with E-state index in [9.17, 15) is 27.7 Å². The highest BCUT2D eigenvalue weighted by Gasteiger charge is 2.26.